The highest BCUT2D eigenvalue weighted by Gasteiger charge is 2.36. The zero-order valence-electron chi connectivity index (χ0n) is 5.64. The quantitative estimate of drug-likeness (QED) is 0.506. The number of hydrogen-bond donors (Lipinski definition) is 0. The molecule has 0 aromatic rings. The Morgan fingerprint density at radius 2 is 2.25 bits per heavy atom. The second-order valence-corrected chi connectivity index (χ2v) is 2.19. The number of nitrogens with zero attached hydrogens (tertiary/aromatic N) is 1. The van der Waals surface area contributed by atoms with E-state index in [2.05, 4.69) is 13.8 Å². The van der Waals surface area contributed by atoms with E-state index in [0.717, 1.165) is 12.6 Å². The van der Waals surface area contributed by atoms with Crippen LogP contribution in [0.4, 0.5) is 0 Å². The summed E-state index contributed by atoms with van der Waals surface area (Å²) in [4.78, 5) is 5.02. The fraction of sp³-hybridized carbons (Fsp3) is 0.833. The highest BCUT2D eigenvalue weighted by Crippen LogP contribution is 2.31. The van der Waals surface area contributed by atoms with Gasteiger partial charge in [-0.25, -0.2) is 0 Å². The maximum atomic E-state index is 5.02. The second kappa shape index (κ2) is 2.03. The van der Waals surface area contributed by atoms with E-state index < -0.39 is 0 Å². The Kier molecular flexibility index (Phi) is 1.54. The molecule has 8 heavy (non-hydrogen) atoms. The summed E-state index contributed by atoms with van der Waals surface area (Å²) in [5.41, 5.74) is 0. The smallest absolute Gasteiger partial charge is 0.208 e. The van der Waals surface area contributed by atoms with Crippen LogP contribution in [0.2, 0.25) is 0 Å². The standard InChI is InChI=1S/C6H12NO/c1-4-5(2)7-6(3)8-7/h5H,4H2,1-3H3. The molecular formula is C6H12NO. The van der Waals surface area contributed by atoms with Crippen molar-refractivity contribution >= 4 is 0 Å². The minimum Gasteiger partial charge on any atom is -0.267 e. The third kappa shape index (κ3) is 1.01. The predicted octanol–water partition coefficient (Wildman–Crippen LogP) is 1.54. The summed E-state index contributed by atoms with van der Waals surface area (Å²) < 4.78 is 0. The molecule has 1 heterocycles. The van der Waals surface area contributed by atoms with Crippen molar-refractivity contribution in [3.63, 3.8) is 0 Å². The third-order valence-corrected chi connectivity index (χ3v) is 1.50. The van der Waals surface area contributed by atoms with Crippen molar-refractivity contribution < 1.29 is 4.84 Å². The Balaban J connectivity index is 2.18. The first-order valence-electron chi connectivity index (χ1n) is 3.06. The minimum absolute atomic E-state index is 0.565. The Morgan fingerprint density at radius 1 is 1.75 bits per heavy atom. The van der Waals surface area contributed by atoms with Crippen LogP contribution >= 0.6 is 0 Å². The molecule has 2 nitrogen and oxygen atoms in total. The Morgan fingerprint density at radius 3 is 2.38 bits per heavy atom. The molecular weight excluding hydrogens is 102 g/mol. The number of hydrogen-bond acceptors (Lipinski definition) is 2. The van der Waals surface area contributed by atoms with Gasteiger partial charge in [-0.3, -0.25) is 4.84 Å². The molecule has 0 N–H and O–H groups in total. The first-order chi connectivity index (χ1) is 3.75. The summed E-state index contributed by atoms with van der Waals surface area (Å²) in [5, 5.41) is 1.93. The molecule has 2 unspecified atom stereocenters. The van der Waals surface area contributed by atoms with E-state index in [9.17, 15) is 0 Å². The predicted molar refractivity (Wildman–Crippen MR) is 31.6 cm³/mol. The summed E-state index contributed by atoms with van der Waals surface area (Å²) in [6, 6.07) is 0.565. The van der Waals surface area contributed by atoms with E-state index in [1.165, 1.54) is 0 Å². The van der Waals surface area contributed by atoms with Crippen LogP contribution in [0.3, 0.4) is 0 Å². The molecule has 0 aromatic carbocycles. The fourth-order valence-electron chi connectivity index (χ4n) is 0.688. The Labute approximate surface area is 50.4 Å². The van der Waals surface area contributed by atoms with E-state index in [4.69, 9.17) is 4.84 Å². The molecule has 1 rings (SSSR count). The van der Waals surface area contributed by atoms with Crippen molar-refractivity contribution in [3.8, 4) is 0 Å². The van der Waals surface area contributed by atoms with Crippen LogP contribution in [0.5, 0.6) is 0 Å². The van der Waals surface area contributed by atoms with Gasteiger partial charge in [-0.05, 0) is 20.3 Å². The van der Waals surface area contributed by atoms with Crippen LogP contribution < -0.4 is 0 Å². The number of rotatable bonds is 2. The molecule has 1 aliphatic rings. The van der Waals surface area contributed by atoms with Crippen molar-refractivity contribution in [2.45, 2.75) is 33.2 Å². The van der Waals surface area contributed by atoms with Gasteiger partial charge in [0.05, 0.1) is 0 Å². The largest absolute Gasteiger partial charge is 0.267 e. The van der Waals surface area contributed by atoms with E-state index in [1.807, 2.05) is 12.0 Å². The van der Waals surface area contributed by atoms with Gasteiger partial charge in [0.25, 0.3) is 0 Å². The summed E-state index contributed by atoms with van der Waals surface area (Å²) in [6.45, 7) is 6.28. The van der Waals surface area contributed by atoms with Gasteiger partial charge in [0.1, 0.15) is 0 Å². The molecule has 1 saturated heterocycles. The van der Waals surface area contributed by atoms with Crippen molar-refractivity contribution in [1.82, 2.24) is 5.06 Å². The maximum Gasteiger partial charge on any atom is 0.208 e. The highest BCUT2D eigenvalue weighted by atomic mass is 16.8. The number of hydroxylamine groups is 2. The van der Waals surface area contributed by atoms with Gasteiger partial charge >= 0.3 is 0 Å². The fourth-order valence-corrected chi connectivity index (χ4v) is 0.688. The SMILES string of the molecule is CCC(C)N1O[C]1C. The molecule has 2 heteroatoms. The van der Waals surface area contributed by atoms with Gasteiger partial charge in [0, 0.05) is 6.04 Å². The second-order valence-electron chi connectivity index (χ2n) is 2.19. The lowest BCUT2D eigenvalue weighted by atomic mass is 10.3. The zero-order valence-corrected chi connectivity index (χ0v) is 5.64. The first kappa shape index (κ1) is 6.05. The average molecular weight is 114 g/mol. The monoisotopic (exact) mass is 114 g/mol. The third-order valence-electron chi connectivity index (χ3n) is 1.50. The molecule has 0 saturated carbocycles. The summed E-state index contributed by atoms with van der Waals surface area (Å²) in [5.74, 6) is 0. The molecule has 0 spiro atoms. The molecule has 1 fully saturated rings. The lowest BCUT2D eigenvalue weighted by molar-refractivity contribution is 0.153. The van der Waals surface area contributed by atoms with Gasteiger partial charge in [-0.2, -0.15) is 0 Å². The van der Waals surface area contributed by atoms with Gasteiger partial charge < -0.3 is 0 Å². The highest BCUT2D eigenvalue weighted by molar-refractivity contribution is 4.82. The molecule has 0 aliphatic carbocycles. The Hall–Kier alpha value is -0.0800. The van der Waals surface area contributed by atoms with E-state index in [1.54, 1.807) is 0 Å². The molecule has 0 amide bonds. The van der Waals surface area contributed by atoms with Gasteiger partial charge in [-0.1, -0.05) is 6.92 Å². The zero-order chi connectivity index (χ0) is 6.15. The van der Waals surface area contributed by atoms with Crippen molar-refractivity contribution in [2.75, 3.05) is 0 Å². The molecule has 1 aliphatic heterocycles. The van der Waals surface area contributed by atoms with Crippen LogP contribution in [-0.2, 0) is 4.84 Å². The molecule has 1 radical (unpaired) electrons. The first-order valence-corrected chi connectivity index (χ1v) is 3.06. The summed E-state index contributed by atoms with van der Waals surface area (Å²) in [7, 11) is 0. The minimum atomic E-state index is 0.565. The van der Waals surface area contributed by atoms with Crippen LogP contribution in [0.15, 0.2) is 0 Å². The summed E-state index contributed by atoms with van der Waals surface area (Å²) >= 11 is 0. The molecule has 2 atom stereocenters. The van der Waals surface area contributed by atoms with Gasteiger partial charge in [0.15, 0.2) is 0 Å². The van der Waals surface area contributed by atoms with E-state index in [-0.39, 0.29) is 0 Å². The van der Waals surface area contributed by atoms with E-state index in [0.29, 0.717) is 6.04 Å². The average Bonchev–Trinajstić information content (AvgIpc) is 2.45. The normalized spacial score (nSPS) is 32.6. The Bertz CT molecular complexity index is 82.6. The van der Waals surface area contributed by atoms with Crippen molar-refractivity contribution in [3.05, 3.63) is 6.23 Å². The van der Waals surface area contributed by atoms with Crippen molar-refractivity contribution in [1.29, 1.82) is 0 Å². The summed E-state index contributed by atoms with van der Waals surface area (Å²) in [6.07, 6.45) is 2.21. The van der Waals surface area contributed by atoms with Crippen LogP contribution in [-0.4, -0.2) is 11.1 Å². The van der Waals surface area contributed by atoms with Crippen LogP contribution in [0.1, 0.15) is 27.2 Å². The maximum absolute atomic E-state index is 5.02. The van der Waals surface area contributed by atoms with Crippen molar-refractivity contribution in [2.24, 2.45) is 0 Å². The van der Waals surface area contributed by atoms with Gasteiger partial charge in [-0.15, -0.1) is 5.06 Å². The molecule has 0 aromatic heterocycles. The molecule has 47 valence electrons. The van der Waals surface area contributed by atoms with Crippen LogP contribution in [0.25, 0.3) is 0 Å². The van der Waals surface area contributed by atoms with E-state index >= 15 is 0 Å². The van der Waals surface area contributed by atoms with Gasteiger partial charge in [0.2, 0.25) is 6.23 Å². The lowest BCUT2D eigenvalue weighted by Gasteiger charge is -2.02. The molecule has 0 bridgehead atoms. The lowest BCUT2D eigenvalue weighted by Crippen LogP contribution is -2.11. The topological polar surface area (TPSA) is 15.5 Å². The van der Waals surface area contributed by atoms with Crippen LogP contribution in [0, 0.1) is 6.23 Å².